The third-order valence-corrected chi connectivity index (χ3v) is 6.53. The van der Waals surface area contributed by atoms with Crippen LogP contribution in [-0.4, -0.2) is 58.3 Å². The Hall–Kier alpha value is -2.42. The topological polar surface area (TPSA) is 90.7 Å². The van der Waals surface area contributed by atoms with Crippen LogP contribution >= 0.6 is 11.3 Å². The lowest BCUT2D eigenvalue weighted by Gasteiger charge is -2.32. The zero-order valence-corrected chi connectivity index (χ0v) is 19.7. The highest BCUT2D eigenvalue weighted by atomic mass is 32.1. The molecule has 1 aliphatic heterocycles. The van der Waals surface area contributed by atoms with E-state index in [1.54, 1.807) is 24.8 Å². The van der Waals surface area contributed by atoms with Gasteiger partial charge in [0.25, 0.3) is 5.91 Å². The van der Waals surface area contributed by atoms with Crippen LogP contribution in [0.15, 0.2) is 6.07 Å². The quantitative estimate of drug-likeness (QED) is 0.602. The molecule has 2 aromatic rings. The second-order valence-corrected chi connectivity index (χ2v) is 9.42. The Morgan fingerprint density at radius 1 is 1.23 bits per heavy atom. The molecule has 1 atom stereocenters. The smallest absolute Gasteiger partial charge is 0.349 e. The minimum Gasteiger partial charge on any atom is -0.466 e. The van der Waals surface area contributed by atoms with Crippen LogP contribution in [0.2, 0.25) is 0 Å². The van der Waals surface area contributed by atoms with Crippen molar-refractivity contribution in [1.82, 2.24) is 14.7 Å². The SMILES string of the molecule is CCOC(=O)C1CCN(C(=O)[C@@H](C)OC(=O)c2cc3c(C)nn(CC(C)C)c3s2)CC1. The van der Waals surface area contributed by atoms with E-state index in [0.29, 0.717) is 43.3 Å². The molecule has 9 heteroatoms. The minimum atomic E-state index is -0.884. The first-order valence-electron chi connectivity index (χ1n) is 10.8. The van der Waals surface area contributed by atoms with Gasteiger partial charge in [0.05, 0.1) is 18.2 Å². The lowest BCUT2D eigenvalue weighted by molar-refractivity contribution is -0.152. The molecule has 0 saturated carbocycles. The van der Waals surface area contributed by atoms with Gasteiger partial charge >= 0.3 is 11.9 Å². The summed E-state index contributed by atoms with van der Waals surface area (Å²) in [7, 11) is 0. The van der Waals surface area contributed by atoms with Gasteiger partial charge in [0.2, 0.25) is 0 Å². The predicted molar refractivity (Wildman–Crippen MR) is 118 cm³/mol. The summed E-state index contributed by atoms with van der Waals surface area (Å²) in [5.74, 6) is -0.678. The first-order chi connectivity index (χ1) is 14.7. The number of aryl methyl sites for hydroxylation is 1. The first kappa shape index (κ1) is 23.2. The van der Waals surface area contributed by atoms with E-state index in [4.69, 9.17) is 9.47 Å². The summed E-state index contributed by atoms with van der Waals surface area (Å²) in [5.41, 5.74) is 0.875. The Morgan fingerprint density at radius 2 is 1.90 bits per heavy atom. The summed E-state index contributed by atoms with van der Waals surface area (Å²) in [6.07, 6.45) is 0.241. The largest absolute Gasteiger partial charge is 0.466 e. The number of thiophene rings is 1. The lowest BCUT2D eigenvalue weighted by atomic mass is 9.97. The van der Waals surface area contributed by atoms with E-state index in [-0.39, 0.29) is 17.8 Å². The maximum atomic E-state index is 12.7. The highest BCUT2D eigenvalue weighted by molar-refractivity contribution is 7.20. The van der Waals surface area contributed by atoms with Gasteiger partial charge in [-0.15, -0.1) is 11.3 Å². The molecule has 3 rings (SSSR count). The van der Waals surface area contributed by atoms with Gasteiger partial charge in [0, 0.05) is 25.0 Å². The van der Waals surface area contributed by atoms with Crippen molar-refractivity contribution >= 4 is 39.4 Å². The Morgan fingerprint density at radius 3 is 2.52 bits per heavy atom. The van der Waals surface area contributed by atoms with Gasteiger partial charge in [-0.2, -0.15) is 5.10 Å². The maximum absolute atomic E-state index is 12.7. The molecule has 0 spiro atoms. The normalized spacial score (nSPS) is 16.0. The summed E-state index contributed by atoms with van der Waals surface area (Å²) in [5, 5.41) is 5.49. The lowest BCUT2D eigenvalue weighted by Crippen LogP contribution is -2.45. The summed E-state index contributed by atoms with van der Waals surface area (Å²) in [6, 6.07) is 1.80. The van der Waals surface area contributed by atoms with Crippen molar-refractivity contribution in [3.05, 3.63) is 16.6 Å². The molecule has 0 aromatic carbocycles. The molecular formula is C22H31N3O5S. The molecule has 0 N–H and O–H groups in total. The third-order valence-electron chi connectivity index (χ3n) is 5.40. The molecular weight excluding hydrogens is 418 g/mol. The number of ether oxygens (including phenoxy) is 2. The van der Waals surface area contributed by atoms with Crippen LogP contribution in [0.25, 0.3) is 10.2 Å². The minimum absolute atomic E-state index is 0.172. The first-order valence-corrected chi connectivity index (χ1v) is 11.7. The molecule has 8 nitrogen and oxygen atoms in total. The molecule has 1 aliphatic rings. The number of amides is 1. The average Bonchev–Trinajstić information content (AvgIpc) is 3.29. The highest BCUT2D eigenvalue weighted by Gasteiger charge is 2.31. The van der Waals surface area contributed by atoms with Crippen LogP contribution in [0.5, 0.6) is 0 Å². The third kappa shape index (κ3) is 5.26. The predicted octanol–water partition coefficient (Wildman–Crippen LogP) is 3.41. The Kier molecular flexibility index (Phi) is 7.35. The number of hydrogen-bond acceptors (Lipinski definition) is 7. The molecule has 1 amide bonds. The van der Waals surface area contributed by atoms with Crippen LogP contribution in [0, 0.1) is 18.8 Å². The fourth-order valence-corrected chi connectivity index (χ4v) is 4.86. The molecule has 1 saturated heterocycles. The van der Waals surface area contributed by atoms with Crippen LogP contribution in [0.4, 0.5) is 0 Å². The number of nitrogens with zero attached hydrogens (tertiary/aromatic N) is 3. The summed E-state index contributed by atoms with van der Waals surface area (Å²) < 4.78 is 12.5. The van der Waals surface area contributed by atoms with Crippen LogP contribution in [0.3, 0.4) is 0 Å². The van der Waals surface area contributed by atoms with E-state index >= 15 is 0 Å². The zero-order chi connectivity index (χ0) is 22.7. The van der Waals surface area contributed by atoms with E-state index in [2.05, 4.69) is 18.9 Å². The molecule has 170 valence electrons. The van der Waals surface area contributed by atoms with Gasteiger partial charge < -0.3 is 14.4 Å². The standard InChI is InChI=1S/C22H31N3O5S/c1-6-29-21(27)16-7-9-24(10-8-16)19(26)15(5)30-22(28)18-11-17-14(4)23-25(12-13(2)3)20(17)31-18/h11,13,15-16H,6-10,12H2,1-5H3/t15-/m1/s1. The van der Waals surface area contributed by atoms with Crippen LogP contribution in [0.1, 0.15) is 55.9 Å². The van der Waals surface area contributed by atoms with Gasteiger partial charge in [-0.1, -0.05) is 13.8 Å². The summed E-state index contributed by atoms with van der Waals surface area (Å²) >= 11 is 1.34. The summed E-state index contributed by atoms with van der Waals surface area (Å²) in [4.78, 5) is 40.4. The molecule has 31 heavy (non-hydrogen) atoms. The number of carbonyl (C=O) groups excluding carboxylic acids is 3. The van der Waals surface area contributed by atoms with Gasteiger partial charge in [0.15, 0.2) is 6.10 Å². The molecule has 0 unspecified atom stereocenters. The molecule has 0 bridgehead atoms. The number of piperidine rings is 1. The average molecular weight is 450 g/mol. The van der Waals surface area contributed by atoms with Crippen LogP contribution in [-0.2, 0) is 25.6 Å². The number of hydrogen-bond donors (Lipinski definition) is 0. The number of esters is 2. The van der Waals surface area contributed by atoms with Crippen molar-refractivity contribution < 1.29 is 23.9 Å². The number of likely N-dealkylation sites (tertiary alicyclic amines) is 1. The Bertz CT molecular complexity index is 956. The second kappa shape index (κ2) is 9.80. The van der Waals surface area contributed by atoms with Crippen LogP contribution < -0.4 is 0 Å². The van der Waals surface area contributed by atoms with Crippen molar-refractivity contribution in [2.75, 3.05) is 19.7 Å². The molecule has 3 heterocycles. The van der Waals surface area contributed by atoms with Crippen molar-refractivity contribution in [2.45, 2.75) is 60.1 Å². The van der Waals surface area contributed by atoms with Gasteiger partial charge in [0.1, 0.15) is 9.71 Å². The second-order valence-electron chi connectivity index (χ2n) is 8.39. The molecule has 2 aromatic heterocycles. The highest BCUT2D eigenvalue weighted by Crippen LogP contribution is 2.30. The van der Waals surface area contributed by atoms with E-state index < -0.39 is 12.1 Å². The van der Waals surface area contributed by atoms with Gasteiger partial charge in [-0.05, 0) is 45.6 Å². The van der Waals surface area contributed by atoms with E-state index in [1.807, 2.05) is 11.6 Å². The molecule has 0 radical (unpaired) electrons. The van der Waals surface area contributed by atoms with E-state index in [9.17, 15) is 14.4 Å². The van der Waals surface area contributed by atoms with Crippen molar-refractivity contribution in [1.29, 1.82) is 0 Å². The summed E-state index contributed by atoms with van der Waals surface area (Å²) in [6.45, 7) is 11.6. The number of carbonyl (C=O) groups is 3. The van der Waals surface area contributed by atoms with Crippen molar-refractivity contribution in [3.8, 4) is 0 Å². The number of fused-ring (bicyclic) bond motifs is 1. The van der Waals surface area contributed by atoms with E-state index in [0.717, 1.165) is 22.5 Å². The van der Waals surface area contributed by atoms with E-state index in [1.165, 1.54) is 11.3 Å². The molecule has 0 aliphatic carbocycles. The fourth-order valence-electron chi connectivity index (χ4n) is 3.80. The van der Waals surface area contributed by atoms with Gasteiger partial charge in [-0.3, -0.25) is 14.3 Å². The number of rotatable bonds is 7. The maximum Gasteiger partial charge on any atom is 0.349 e. The Labute approximate surface area is 186 Å². The van der Waals surface area contributed by atoms with Crippen molar-refractivity contribution in [2.24, 2.45) is 11.8 Å². The van der Waals surface area contributed by atoms with Gasteiger partial charge in [-0.25, -0.2) is 4.79 Å². The number of aromatic nitrogens is 2. The zero-order valence-electron chi connectivity index (χ0n) is 18.8. The van der Waals surface area contributed by atoms with Crippen molar-refractivity contribution in [3.63, 3.8) is 0 Å². The fraction of sp³-hybridized carbons (Fsp3) is 0.636. The Balaban J connectivity index is 1.60. The monoisotopic (exact) mass is 449 g/mol. The molecule has 1 fully saturated rings.